The Morgan fingerprint density at radius 1 is 1.06 bits per heavy atom. The van der Waals surface area contributed by atoms with Crippen LogP contribution in [0.15, 0.2) is 24.3 Å². The first-order valence-corrected chi connectivity index (χ1v) is 7.16. The summed E-state index contributed by atoms with van der Waals surface area (Å²) < 4.78 is 0. The lowest BCUT2D eigenvalue weighted by molar-refractivity contribution is 0.0911. The van der Waals surface area contributed by atoms with E-state index in [0.717, 1.165) is 24.8 Å². The number of carbonyl (C=O) groups is 1. The van der Waals surface area contributed by atoms with Crippen LogP contribution in [-0.2, 0) is 0 Å². The van der Waals surface area contributed by atoms with Crippen LogP contribution in [-0.4, -0.2) is 11.8 Å². The molecule has 96 valence electrons. The van der Waals surface area contributed by atoms with E-state index >= 15 is 0 Å². The Balaban J connectivity index is 1.88. The third-order valence-electron chi connectivity index (χ3n) is 4.68. The van der Waals surface area contributed by atoms with Crippen molar-refractivity contribution in [2.45, 2.75) is 50.5 Å². The van der Waals surface area contributed by atoms with Gasteiger partial charge in [-0.05, 0) is 37.2 Å². The first-order chi connectivity index (χ1) is 8.77. The lowest BCUT2D eigenvalue weighted by Crippen LogP contribution is -2.31. The fourth-order valence-corrected chi connectivity index (χ4v) is 3.31. The molecule has 0 amide bonds. The molecule has 2 N–H and O–H groups in total. The van der Waals surface area contributed by atoms with Crippen molar-refractivity contribution >= 4 is 5.78 Å². The molecule has 3 rings (SSSR count). The Morgan fingerprint density at radius 2 is 1.78 bits per heavy atom. The maximum Gasteiger partial charge on any atom is 0.167 e. The molecule has 0 aromatic heterocycles. The average molecular weight is 243 g/mol. The van der Waals surface area contributed by atoms with Crippen molar-refractivity contribution in [1.29, 1.82) is 0 Å². The number of Topliss-reactive ketones (excluding diaryl/α,β-unsaturated/α-hetero) is 1. The summed E-state index contributed by atoms with van der Waals surface area (Å²) in [7, 11) is 0. The molecule has 0 heterocycles. The zero-order valence-corrected chi connectivity index (χ0v) is 10.8. The number of hydrogen-bond donors (Lipinski definition) is 1. The highest BCUT2D eigenvalue weighted by Crippen LogP contribution is 2.39. The van der Waals surface area contributed by atoms with Crippen LogP contribution in [0.3, 0.4) is 0 Å². The van der Waals surface area contributed by atoms with E-state index in [9.17, 15) is 4.79 Å². The van der Waals surface area contributed by atoms with Gasteiger partial charge in [-0.15, -0.1) is 0 Å². The molecular formula is C16H21NO. The van der Waals surface area contributed by atoms with Gasteiger partial charge in [0.1, 0.15) is 0 Å². The van der Waals surface area contributed by atoms with Gasteiger partial charge >= 0.3 is 0 Å². The van der Waals surface area contributed by atoms with Crippen LogP contribution in [0.25, 0.3) is 0 Å². The smallest absolute Gasteiger partial charge is 0.167 e. The van der Waals surface area contributed by atoms with Gasteiger partial charge in [0.25, 0.3) is 0 Å². The Labute approximate surface area is 109 Å². The van der Waals surface area contributed by atoms with E-state index in [1.807, 2.05) is 12.1 Å². The number of benzene rings is 1. The van der Waals surface area contributed by atoms with Gasteiger partial charge < -0.3 is 5.73 Å². The minimum Gasteiger partial charge on any atom is -0.327 e. The molecule has 2 nitrogen and oxygen atoms in total. The summed E-state index contributed by atoms with van der Waals surface area (Å²) in [6.07, 6.45) is 6.85. The van der Waals surface area contributed by atoms with Gasteiger partial charge in [0.05, 0.1) is 0 Å². The SMILES string of the molecule is NC1CCCC1C(=O)c1ccccc1C1CCC1. The van der Waals surface area contributed by atoms with Gasteiger partial charge in [-0.2, -0.15) is 0 Å². The summed E-state index contributed by atoms with van der Waals surface area (Å²) in [6.45, 7) is 0. The maximum atomic E-state index is 12.6. The van der Waals surface area contributed by atoms with Crippen molar-refractivity contribution in [3.05, 3.63) is 35.4 Å². The molecular weight excluding hydrogens is 222 g/mol. The molecule has 2 heteroatoms. The second-order valence-corrected chi connectivity index (χ2v) is 5.78. The van der Waals surface area contributed by atoms with Crippen molar-refractivity contribution in [3.8, 4) is 0 Å². The normalized spacial score (nSPS) is 28.1. The van der Waals surface area contributed by atoms with Crippen molar-refractivity contribution in [1.82, 2.24) is 0 Å². The Kier molecular flexibility index (Phi) is 3.21. The van der Waals surface area contributed by atoms with Crippen LogP contribution in [0.4, 0.5) is 0 Å². The first-order valence-electron chi connectivity index (χ1n) is 7.16. The van der Waals surface area contributed by atoms with Gasteiger partial charge in [0, 0.05) is 17.5 Å². The predicted molar refractivity (Wildman–Crippen MR) is 72.7 cm³/mol. The summed E-state index contributed by atoms with van der Waals surface area (Å²) in [5.74, 6) is 0.969. The summed E-state index contributed by atoms with van der Waals surface area (Å²) in [5, 5.41) is 0. The van der Waals surface area contributed by atoms with Crippen LogP contribution in [0, 0.1) is 5.92 Å². The minimum absolute atomic E-state index is 0.0613. The highest BCUT2D eigenvalue weighted by Gasteiger charge is 2.33. The minimum atomic E-state index is 0.0613. The van der Waals surface area contributed by atoms with E-state index in [-0.39, 0.29) is 12.0 Å². The number of rotatable bonds is 3. The Hall–Kier alpha value is -1.15. The third kappa shape index (κ3) is 1.99. The monoisotopic (exact) mass is 243 g/mol. The van der Waals surface area contributed by atoms with Crippen LogP contribution >= 0.6 is 0 Å². The lowest BCUT2D eigenvalue weighted by atomic mass is 9.76. The van der Waals surface area contributed by atoms with E-state index in [1.165, 1.54) is 24.8 Å². The molecule has 2 unspecified atom stereocenters. The molecule has 0 aliphatic heterocycles. The highest BCUT2D eigenvalue weighted by atomic mass is 16.1. The molecule has 1 aromatic carbocycles. The Morgan fingerprint density at radius 3 is 2.39 bits per heavy atom. The van der Waals surface area contributed by atoms with Gasteiger partial charge in [-0.25, -0.2) is 0 Å². The second-order valence-electron chi connectivity index (χ2n) is 5.78. The van der Waals surface area contributed by atoms with Crippen LogP contribution in [0.1, 0.15) is 60.4 Å². The van der Waals surface area contributed by atoms with Gasteiger partial charge in [0.15, 0.2) is 5.78 Å². The third-order valence-corrected chi connectivity index (χ3v) is 4.68. The zero-order chi connectivity index (χ0) is 12.5. The van der Waals surface area contributed by atoms with Crippen molar-refractivity contribution in [2.24, 2.45) is 11.7 Å². The summed E-state index contributed by atoms with van der Waals surface area (Å²) >= 11 is 0. The topological polar surface area (TPSA) is 43.1 Å². The Bertz CT molecular complexity index is 450. The van der Waals surface area contributed by atoms with Gasteiger partial charge in [-0.3, -0.25) is 4.79 Å². The van der Waals surface area contributed by atoms with Crippen LogP contribution in [0.5, 0.6) is 0 Å². The molecule has 2 saturated carbocycles. The van der Waals surface area contributed by atoms with E-state index in [4.69, 9.17) is 5.73 Å². The summed E-state index contributed by atoms with van der Waals surface area (Å²) in [4.78, 5) is 12.6. The molecule has 0 radical (unpaired) electrons. The molecule has 2 aliphatic rings. The first kappa shape index (κ1) is 11.9. The summed E-state index contributed by atoms with van der Waals surface area (Å²) in [5.41, 5.74) is 8.29. The van der Waals surface area contributed by atoms with Crippen molar-refractivity contribution in [3.63, 3.8) is 0 Å². The van der Waals surface area contributed by atoms with E-state index in [1.54, 1.807) is 0 Å². The van der Waals surface area contributed by atoms with E-state index < -0.39 is 0 Å². The van der Waals surface area contributed by atoms with Gasteiger partial charge in [-0.1, -0.05) is 37.1 Å². The van der Waals surface area contributed by atoms with E-state index in [2.05, 4.69) is 12.1 Å². The fourth-order valence-electron chi connectivity index (χ4n) is 3.31. The quantitative estimate of drug-likeness (QED) is 0.828. The molecule has 0 saturated heterocycles. The number of hydrogen-bond acceptors (Lipinski definition) is 2. The standard InChI is InChI=1S/C16H21NO/c17-15-10-4-9-14(15)16(18)13-8-2-1-7-12(13)11-5-3-6-11/h1-2,7-8,11,14-15H,3-6,9-10,17H2. The number of carbonyl (C=O) groups excluding carboxylic acids is 1. The fraction of sp³-hybridized carbons (Fsp3) is 0.562. The lowest BCUT2D eigenvalue weighted by Gasteiger charge is -2.28. The molecule has 2 atom stereocenters. The number of ketones is 1. The molecule has 1 aromatic rings. The average Bonchev–Trinajstić information content (AvgIpc) is 2.73. The predicted octanol–water partition coefficient (Wildman–Crippen LogP) is 3.26. The molecule has 0 bridgehead atoms. The molecule has 0 spiro atoms. The van der Waals surface area contributed by atoms with Crippen LogP contribution < -0.4 is 5.73 Å². The zero-order valence-electron chi connectivity index (χ0n) is 10.8. The second kappa shape index (κ2) is 4.85. The number of nitrogens with two attached hydrogens (primary N) is 1. The molecule has 2 aliphatic carbocycles. The maximum absolute atomic E-state index is 12.6. The molecule has 2 fully saturated rings. The highest BCUT2D eigenvalue weighted by molar-refractivity contribution is 6.00. The van der Waals surface area contributed by atoms with Crippen LogP contribution in [0.2, 0.25) is 0 Å². The summed E-state index contributed by atoms with van der Waals surface area (Å²) in [6, 6.07) is 8.25. The van der Waals surface area contributed by atoms with Gasteiger partial charge in [0.2, 0.25) is 0 Å². The van der Waals surface area contributed by atoms with E-state index in [0.29, 0.717) is 11.7 Å². The van der Waals surface area contributed by atoms with Crippen molar-refractivity contribution in [2.75, 3.05) is 0 Å². The largest absolute Gasteiger partial charge is 0.327 e. The van der Waals surface area contributed by atoms with Crippen molar-refractivity contribution < 1.29 is 4.79 Å². The molecule has 18 heavy (non-hydrogen) atoms.